The van der Waals surface area contributed by atoms with E-state index in [1.165, 1.54) is 71.0 Å². The number of ether oxygens (including phenoxy) is 3. The lowest BCUT2D eigenvalue weighted by atomic mass is 10.1. The van der Waals surface area contributed by atoms with Crippen LogP contribution in [0.1, 0.15) is 71.1 Å². The number of methoxy groups -OCH3 is 1. The van der Waals surface area contributed by atoms with Crippen molar-refractivity contribution in [3.05, 3.63) is 37.6 Å². The monoisotopic (exact) mass is 396 g/mol. The van der Waals surface area contributed by atoms with E-state index in [0.717, 1.165) is 12.5 Å². The molecule has 0 rings (SSSR count). The molecule has 0 radical (unpaired) electrons. The van der Waals surface area contributed by atoms with Gasteiger partial charge in [-0.1, -0.05) is 77.9 Å². The Morgan fingerprint density at radius 3 is 1.68 bits per heavy atom. The van der Waals surface area contributed by atoms with Crippen LogP contribution in [0.2, 0.25) is 0 Å². The van der Waals surface area contributed by atoms with E-state index in [1.807, 2.05) is 0 Å². The van der Waals surface area contributed by atoms with E-state index in [1.54, 1.807) is 0 Å². The predicted octanol–water partition coefficient (Wildman–Crippen LogP) is 5.04. The SMILES string of the molecule is C=CC(=O)OC(=O)C(=C)OC.C=CC(=O)OCCCCCCCCCCCC. The Hall–Kier alpha value is -2.37. The van der Waals surface area contributed by atoms with Crippen molar-refractivity contribution in [1.82, 2.24) is 0 Å². The summed E-state index contributed by atoms with van der Waals surface area (Å²) in [6.07, 6.45) is 15.1. The zero-order valence-corrected chi connectivity index (χ0v) is 17.5. The van der Waals surface area contributed by atoms with E-state index < -0.39 is 11.9 Å². The van der Waals surface area contributed by atoms with Gasteiger partial charge >= 0.3 is 17.9 Å². The Bertz CT molecular complexity index is 481. The number of carbonyl (C=O) groups is 3. The summed E-state index contributed by atoms with van der Waals surface area (Å²) in [4.78, 5) is 31.7. The molecule has 0 spiro atoms. The molecule has 160 valence electrons. The lowest BCUT2D eigenvalue weighted by Gasteiger charge is -2.03. The number of hydrogen-bond acceptors (Lipinski definition) is 6. The van der Waals surface area contributed by atoms with Crippen LogP contribution in [-0.2, 0) is 28.6 Å². The van der Waals surface area contributed by atoms with Gasteiger partial charge in [-0.2, -0.15) is 0 Å². The Kier molecular flexibility index (Phi) is 20.8. The molecular formula is C22H36O6. The molecule has 0 amide bonds. The van der Waals surface area contributed by atoms with Gasteiger partial charge < -0.3 is 14.2 Å². The predicted molar refractivity (Wildman–Crippen MR) is 110 cm³/mol. The molecule has 0 aliphatic heterocycles. The zero-order valence-electron chi connectivity index (χ0n) is 17.5. The van der Waals surface area contributed by atoms with Crippen LogP contribution in [0.5, 0.6) is 0 Å². The van der Waals surface area contributed by atoms with Gasteiger partial charge in [-0.3, -0.25) is 0 Å². The molecule has 0 aliphatic carbocycles. The molecule has 0 N–H and O–H groups in total. The minimum absolute atomic E-state index is 0.222. The second-order valence-electron chi connectivity index (χ2n) is 6.09. The first-order chi connectivity index (χ1) is 13.4. The summed E-state index contributed by atoms with van der Waals surface area (Å²) in [5.74, 6) is -2.26. The first-order valence-corrected chi connectivity index (χ1v) is 9.83. The summed E-state index contributed by atoms with van der Waals surface area (Å²) in [5, 5.41) is 0. The quantitative estimate of drug-likeness (QED) is 0.127. The largest absolute Gasteiger partial charge is 0.490 e. The third-order valence-electron chi connectivity index (χ3n) is 3.74. The first kappa shape index (κ1) is 27.8. The number of hydrogen-bond donors (Lipinski definition) is 0. The number of esters is 3. The van der Waals surface area contributed by atoms with Gasteiger partial charge in [0.15, 0.2) is 5.76 Å². The average molecular weight is 397 g/mol. The van der Waals surface area contributed by atoms with Gasteiger partial charge in [-0.25, -0.2) is 14.4 Å². The maximum atomic E-state index is 10.7. The number of rotatable bonds is 15. The van der Waals surface area contributed by atoms with Gasteiger partial charge in [0.1, 0.15) is 0 Å². The van der Waals surface area contributed by atoms with E-state index in [0.29, 0.717) is 6.61 Å². The lowest BCUT2D eigenvalue weighted by molar-refractivity contribution is -0.155. The summed E-state index contributed by atoms with van der Waals surface area (Å²) < 4.78 is 13.4. The fourth-order valence-electron chi connectivity index (χ4n) is 2.09. The van der Waals surface area contributed by atoms with Crippen molar-refractivity contribution in [3.8, 4) is 0 Å². The van der Waals surface area contributed by atoms with Gasteiger partial charge in [-0.15, -0.1) is 0 Å². The number of unbranched alkanes of at least 4 members (excludes halogenated alkanes) is 9. The maximum absolute atomic E-state index is 10.7. The molecule has 6 nitrogen and oxygen atoms in total. The molecule has 0 aliphatic rings. The molecule has 0 bridgehead atoms. The molecule has 6 heteroatoms. The van der Waals surface area contributed by atoms with Gasteiger partial charge in [-0.05, 0) is 13.0 Å². The van der Waals surface area contributed by atoms with Crippen molar-refractivity contribution in [3.63, 3.8) is 0 Å². The third kappa shape index (κ3) is 19.9. The van der Waals surface area contributed by atoms with Gasteiger partial charge in [0.2, 0.25) is 0 Å². The van der Waals surface area contributed by atoms with E-state index in [4.69, 9.17) is 4.74 Å². The summed E-state index contributed by atoms with van der Waals surface area (Å²) in [6, 6.07) is 0. The van der Waals surface area contributed by atoms with Crippen LogP contribution in [-0.4, -0.2) is 31.6 Å². The maximum Gasteiger partial charge on any atom is 0.380 e. The summed E-state index contributed by atoms with van der Waals surface area (Å²) in [6.45, 7) is 12.4. The van der Waals surface area contributed by atoms with Gasteiger partial charge in [0.05, 0.1) is 13.7 Å². The fourth-order valence-corrected chi connectivity index (χ4v) is 2.09. The zero-order chi connectivity index (χ0) is 21.6. The molecule has 0 aromatic carbocycles. The van der Waals surface area contributed by atoms with Crippen molar-refractivity contribution in [2.45, 2.75) is 71.1 Å². The van der Waals surface area contributed by atoms with Crippen LogP contribution in [0.4, 0.5) is 0 Å². The van der Waals surface area contributed by atoms with Crippen LogP contribution in [0.3, 0.4) is 0 Å². The van der Waals surface area contributed by atoms with Crippen LogP contribution < -0.4 is 0 Å². The molecule has 0 saturated heterocycles. The minimum Gasteiger partial charge on any atom is -0.490 e. The van der Waals surface area contributed by atoms with Crippen molar-refractivity contribution >= 4 is 17.9 Å². The molecule has 28 heavy (non-hydrogen) atoms. The minimum atomic E-state index is -0.905. The highest BCUT2D eigenvalue weighted by Crippen LogP contribution is 2.10. The third-order valence-corrected chi connectivity index (χ3v) is 3.74. The highest BCUT2D eigenvalue weighted by Gasteiger charge is 2.11. The van der Waals surface area contributed by atoms with Crippen LogP contribution in [0.25, 0.3) is 0 Å². The molecule has 0 unspecified atom stereocenters. The van der Waals surface area contributed by atoms with Gasteiger partial charge in [0, 0.05) is 12.2 Å². The second kappa shape index (κ2) is 20.9. The normalized spacial score (nSPS) is 9.36. The molecule has 0 atom stereocenters. The van der Waals surface area contributed by atoms with Crippen molar-refractivity contribution < 1.29 is 28.6 Å². The van der Waals surface area contributed by atoms with Crippen molar-refractivity contribution in [1.29, 1.82) is 0 Å². The Balaban J connectivity index is 0. The smallest absolute Gasteiger partial charge is 0.380 e. The molecule has 0 aromatic heterocycles. The summed E-state index contributed by atoms with van der Waals surface area (Å²) in [5.41, 5.74) is 0. The molecule has 0 aromatic rings. The molecule has 0 heterocycles. The Morgan fingerprint density at radius 2 is 1.25 bits per heavy atom. The molecule has 0 fully saturated rings. The standard InChI is InChI=1S/C15H28O2.C7H8O4/c1-3-5-6-7-8-9-10-11-12-13-14-17-15(16)4-2;1-4-6(8)11-7(9)5(2)10-3/h4H,2-3,5-14H2,1H3;4H,1-2H2,3H3. The Labute approximate surface area is 169 Å². The van der Waals surface area contributed by atoms with Crippen molar-refractivity contribution in [2.24, 2.45) is 0 Å². The highest BCUT2D eigenvalue weighted by atomic mass is 16.6. The Morgan fingerprint density at radius 1 is 0.786 bits per heavy atom. The second-order valence-corrected chi connectivity index (χ2v) is 6.09. The molecular weight excluding hydrogens is 360 g/mol. The topological polar surface area (TPSA) is 78.9 Å². The summed E-state index contributed by atoms with van der Waals surface area (Å²) >= 11 is 0. The highest BCUT2D eigenvalue weighted by molar-refractivity contribution is 5.97. The fraction of sp³-hybridized carbons (Fsp3) is 0.591. The van der Waals surface area contributed by atoms with Crippen LogP contribution in [0.15, 0.2) is 37.6 Å². The number of carbonyl (C=O) groups excluding carboxylic acids is 3. The molecule has 0 saturated carbocycles. The van der Waals surface area contributed by atoms with E-state index in [2.05, 4.69) is 36.1 Å². The summed E-state index contributed by atoms with van der Waals surface area (Å²) in [7, 11) is 1.25. The van der Waals surface area contributed by atoms with Crippen LogP contribution in [0, 0.1) is 0 Å². The van der Waals surface area contributed by atoms with Crippen molar-refractivity contribution in [2.75, 3.05) is 13.7 Å². The van der Waals surface area contributed by atoms with E-state index in [-0.39, 0.29) is 11.7 Å². The van der Waals surface area contributed by atoms with E-state index >= 15 is 0 Å². The van der Waals surface area contributed by atoms with Gasteiger partial charge in [0.25, 0.3) is 0 Å². The first-order valence-electron chi connectivity index (χ1n) is 9.83. The van der Waals surface area contributed by atoms with Crippen LogP contribution >= 0.6 is 0 Å². The lowest BCUT2D eigenvalue weighted by Crippen LogP contribution is -2.12. The average Bonchev–Trinajstić information content (AvgIpc) is 2.71. The van der Waals surface area contributed by atoms with E-state index in [9.17, 15) is 14.4 Å².